The van der Waals surface area contributed by atoms with Crippen LogP contribution < -0.4 is 10.0 Å². The van der Waals surface area contributed by atoms with Crippen molar-refractivity contribution >= 4 is 27.4 Å². The summed E-state index contributed by atoms with van der Waals surface area (Å²) in [7, 11) is -3.16. The number of rotatable bonds is 6. The summed E-state index contributed by atoms with van der Waals surface area (Å²) in [6.45, 7) is 0.685. The van der Waals surface area contributed by atoms with E-state index >= 15 is 0 Å². The normalized spacial score (nSPS) is 25.4. The first-order valence-corrected chi connectivity index (χ1v) is 9.93. The van der Waals surface area contributed by atoms with Gasteiger partial charge in [-0.15, -0.1) is 0 Å². The molecule has 0 amide bonds. The molecule has 2 aliphatic rings. The Bertz CT molecular complexity index is 648. The van der Waals surface area contributed by atoms with Crippen molar-refractivity contribution in [1.82, 2.24) is 14.7 Å². The second-order valence-electron chi connectivity index (χ2n) is 6.28. The molecule has 1 aromatic rings. The Hall–Kier alpha value is -0.920. The van der Waals surface area contributed by atoms with Crippen LogP contribution in [0, 0.1) is 5.92 Å². The van der Waals surface area contributed by atoms with Crippen molar-refractivity contribution in [3.05, 3.63) is 17.0 Å². The Morgan fingerprint density at radius 3 is 2.73 bits per heavy atom. The lowest BCUT2D eigenvalue weighted by Gasteiger charge is -2.20. The van der Waals surface area contributed by atoms with E-state index in [4.69, 9.17) is 11.6 Å². The van der Waals surface area contributed by atoms with E-state index in [-0.39, 0.29) is 12.0 Å². The van der Waals surface area contributed by atoms with Crippen molar-refractivity contribution in [2.75, 3.05) is 18.1 Å². The summed E-state index contributed by atoms with van der Waals surface area (Å²) in [5, 5.41) is 3.75. The maximum Gasteiger partial charge on any atom is 0.208 e. The average molecular weight is 345 g/mol. The molecule has 6 nitrogen and oxygen atoms in total. The van der Waals surface area contributed by atoms with Crippen molar-refractivity contribution < 1.29 is 8.42 Å². The topological polar surface area (TPSA) is 84.0 Å². The number of aromatic nitrogens is 2. The zero-order chi connectivity index (χ0) is 15.7. The maximum absolute atomic E-state index is 11.4. The molecule has 0 spiro atoms. The molecule has 3 rings (SSSR count). The zero-order valence-electron chi connectivity index (χ0n) is 12.5. The number of halogens is 1. The third kappa shape index (κ3) is 4.30. The van der Waals surface area contributed by atoms with Gasteiger partial charge in [-0.1, -0.05) is 18.0 Å². The molecular weight excluding hydrogens is 324 g/mol. The second kappa shape index (κ2) is 6.29. The first-order chi connectivity index (χ1) is 10.4. The number of hydrogen-bond donors (Lipinski definition) is 2. The Balaban J connectivity index is 1.62. The molecule has 1 heterocycles. The van der Waals surface area contributed by atoms with Crippen molar-refractivity contribution in [3.8, 4) is 0 Å². The average Bonchev–Trinajstić information content (AvgIpc) is 3.17. The van der Waals surface area contributed by atoms with Crippen LogP contribution in [0.3, 0.4) is 0 Å². The Morgan fingerprint density at radius 2 is 2.05 bits per heavy atom. The number of hydrogen-bond acceptors (Lipinski definition) is 5. The van der Waals surface area contributed by atoms with Gasteiger partial charge < -0.3 is 5.32 Å². The van der Waals surface area contributed by atoms with E-state index in [2.05, 4.69) is 20.0 Å². The summed E-state index contributed by atoms with van der Waals surface area (Å²) < 4.78 is 25.5. The molecule has 0 aromatic carbocycles. The lowest BCUT2D eigenvalue weighted by Crippen LogP contribution is -2.39. The summed E-state index contributed by atoms with van der Waals surface area (Å²) >= 11 is 6.05. The van der Waals surface area contributed by atoms with Gasteiger partial charge in [0.15, 0.2) is 0 Å². The highest BCUT2D eigenvalue weighted by Gasteiger charge is 2.30. The van der Waals surface area contributed by atoms with Crippen LogP contribution in [-0.4, -0.2) is 37.2 Å². The quantitative estimate of drug-likeness (QED) is 0.772. The fourth-order valence-corrected chi connectivity index (χ4v) is 4.05. The minimum Gasteiger partial charge on any atom is -0.370 e. The molecule has 22 heavy (non-hydrogen) atoms. The van der Waals surface area contributed by atoms with Crippen LogP contribution in [-0.2, 0) is 10.0 Å². The van der Waals surface area contributed by atoms with Gasteiger partial charge in [-0.25, -0.2) is 23.1 Å². The molecule has 0 aliphatic heterocycles. The van der Waals surface area contributed by atoms with Crippen molar-refractivity contribution in [2.24, 2.45) is 5.92 Å². The van der Waals surface area contributed by atoms with Gasteiger partial charge in [-0.05, 0) is 31.6 Å². The summed E-state index contributed by atoms with van der Waals surface area (Å²) in [4.78, 5) is 8.77. The predicted molar refractivity (Wildman–Crippen MR) is 86.6 cm³/mol. The highest BCUT2D eigenvalue weighted by atomic mass is 35.5. The Morgan fingerprint density at radius 1 is 1.27 bits per heavy atom. The summed E-state index contributed by atoms with van der Waals surface area (Å²) in [6.07, 6.45) is 6.40. The van der Waals surface area contributed by atoms with E-state index in [1.165, 1.54) is 6.26 Å². The van der Waals surface area contributed by atoms with E-state index in [0.29, 0.717) is 17.6 Å². The van der Waals surface area contributed by atoms with Gasteiger partial charge in [-0.3, -0.25) is 0 Å². The first kappa shape index (κ1) is 16.0. The molecule has 2 unspecified atom stereocenters. The molecule has 122 valence electrons. The fourth-order valence-electron chi connectivity index (χ4n) is 3.00. The molecule has 0 saturated heterocycles. The van der Waals surface area contributed by atoms with E-state index in [1.807, 2.05) is 0 Å². The molecule has 1 aromatic heterocycles. The van der Waals surface area contributed by atoms with Crippen LogP contribution in [0.4, 0.5) is 5.82 Å². The predicted octanol–water partition coefficient (Wildman–Crippen LogP) is 2.14. The van der Waals surface area contributed by atoms with Gasteiger partial charge in [0.1, 0.15) is 16.8 Å². The lowest BCUT2D eigenvalue weighted by molar-refractivity contribution is 0.463. The van der Waals surface area contributed by atoms with E-state index in [9.17, 15) is 8.42 Å². The smallest absolute Gasteiger partial charge is 0.208 e. The third-order valence-corrected chi connectivity index (χ3v) is 5.15. The Labute approximate surface area is 136 Å². The van der Waals surface area contributed by atoms with Crippen LogP contribution in [0.2, 0.25) is 5.15 Å². The summed E-state index contributed by atoms with van der Waals surface area (Å²) in [6, 6.07) is 1.73. The standard InChI is InChI=1S/C14H21ClN4O2S/c1-22(20,21)19-11-4-2-3-10(11)8-16-13-7-12(15)17-14(18-13)9-5-6-9/h7,9-11,19H,2-6,8H2,1H3,(H,16,17,18). The van der Waals surface area contributed by atoms with E-state index in [0.717, 1.165) is 43.7 Å². The molecule has 0 bridgehead atoms. The van der Waals surface area contributed by atoms with Crippen LogP contribution in [0.15, 0.2) is 6.07 Å². The molecule has 0 radical (unpaired) electrons. The number of nitrogens with zero attached hydrogens (tertiary/aromatic N) is 2. The van der Waals surface area contributed by atoms with Crippen LogP contribution >= 0.6 is 11.6 Å². The number of sulfonamides is 1. The van der Waals surface area contributed by atoms with Crippen LogP contribution in [0.1, 0.15) is 43.8 Å². The number of nitrogens with one attached hydrogen (secondary N) is 2. The SMILES string of the molecule is CS(=O)(=O)NC1CCCC1CNc1cc(Cl)nc(C2CC2)n1. The molecule has 2 aliphatic carbocycles. The van der Waals surface area contributed by atoms with Crippen molar-refractivity contribution in [2.45, 2.75) is 44.1 Å². The van der Waals surface area contributed by atoms with Gasteiger partial charge >= 0.3 is 0 Å². The zero-order valence-corrected chi connectivity index (χ0v) is 14.1. The minimum absolute atomic E-state index is 0.00251. The lowest BCUT2D eigenvalue weighted by atomic mass is 10.1. The summed E-state index contributed by atoms with van der Waals surface area (Å²) in [5.41, 5.74) is 0. The van der Waals surface area contributed by atoms with Gasteiger partial charge in [0.05, 0.1) is 6.26 Å². The van der Waals surface area contributed by atoms with Gasteiger partial charge in [0, 0.05) is 24.6 Å². The van der Waals surface area contributed by atoms with Crippen LogP contribution in [0.5, 0.6) is 0 Å². The maximum atomic E-state index is 11.4. The summed E-state index contributed by atoms with van der Waals surface area (Å²) in [5.74, 6) is 2.26. The van der Waals surface area contributed by atoms with E-state index < -0.39 is 10.0 Å². The monoisotopic (exact) mass is 344 g/mol. The minimum atomic E-state index is -3.16. The highest BCUT2D eigenvalue weighted by molar-refractivity contribution is 7.88. The number of anilines is 1. The Kier molecular flexibility index (Phi) is 4.56. The van der Waals surface area contributed by atoms with Crippen molar-refractivity contribution in [1.29, 1.82) is 0 Å². The molecule has 2 saturated carbocycles. The van der Waals surface area contributed by atoms with Crippen LogP contribution in [0.25, 0.3) is 0 Å². The molecule has 2 N–H and O–H groups in total. The first-order valence-electron chi connectivity index (χ1n) is 7.66. The highest BCUT2D eigenvalue weighted by Crippen LogP contribution is 2.38. The van der Waals surface area contributed by atoms with Crippen molar-refractivity contribution in [3.63, 3.8) is 0 Å². The third-order valence-electron chi connectivity index (χ3n) is 4.22. The second-order valence-corrected chi connectivity index (χ2v) is 8.44. The molecular formula is C14H21ClN4O2S. The molecule has 2 fully saturated rings. The molecule has 8 heteroatoms. The van der Waals surface area contributed by atoms with E-state index in [1.54, 1.807) is 6.07 Å². The largest absolute Gasteiger partial charge is 0.370 e. The fraction of sp³-hybridized carbons (Fsp3) is 0.714. The van der Waals surface area contributed by atoms with Gasteiger partial charge in [0.2, 0.25) is 10.0 Å². The van der Waals surface area contributed by atoms with Gasteiger partial charge in [0.25, 0.3) is 0 Å². The molecule has 2 atom stereocenters. The van der Waals surface area contributed by atoms with Gasteiger partial charge in [-0.2, -0.15) is 0 Å².